The fourth-order valence-electron chi connectivity index (χ4n) is 2.30. The summed E-state index contributed by atoms with van der Waals surface area (Å²) in [6, 6.07) is 9.92. The monoisotopic (exact) mass is 232 g/mol. The highest BCUT2D eigenvalue weighted by Gasteiger charge is 2.12. The number of para-hydroxylation sites is 1. The summed E-state index contributed by atoms with van der Waals surface area (Å²) in [6.45, 7) is 4.32. The number of nitrogens with zero attached hydrogens (tertiary/aromatic N) is 1. The maximum atomic E-state index is 10.0. The van der Waals surface area contributed by atoms with Crippen LogP contribution in [0.15, 0.2) is 30.3 Å². The molecular formula is C14H20N2O. The zero-order chi connectivity index (χ0) is 12.4. The van der Waals surface area contributed by atoms with Crippen LogP contribution in [0.1, 0.15) is 26.0 Å². The molecule has 0 saturated carbocycles. The lowest BCUT2D eigenvalue weighted by atomic mass is 10.0. The molecule has 0 spiro atoms. The second-order valence-electron chi connectivity index (χ2n) is 5.10. The number of hydrogen-bond donors (Lipinski definition) is 2. The van der Waals surface area contributed by atoms with Crippen LogP contribution in [0.5, 0.6) is 0 Å². The van der Waals surface area contributed by atoms with Gasteiger partial charge in [-0.2, -0.15) is 4.73 Å². The van der Waals surface area contributed by atoms with E-state index in [1.807, 2.05) is 30.3 Å². The SMILES string of the molecule is CC(C)CC(N)Cc1cc2ccccc2n1O. The Balaban J connectivity index is 2.21. The van der Waals surface area contributed by atoms with Gasteiger partial charge in [0.1, 0.15) is 0 Å². The molecule has 0 bridgehead atoms. The van der Waals surface area contributed by atoms with Crippen LogP contribution >= 0.6 is 0 Å². The standard InChI is InChI=1S/C14H20N2O/c1-10(2)7-12(15)9-13-8-11-5-3-4-6-14(11)16(13)17/h3-6,8,10,12,17H,7,9,15H2,1-2H3. The van der Waals surface area contributed by atoms with Gasteiger partial charge >= 0.3 is 0 Å². The number of nitrogens with two attached hydrogens (primary N) is 1. The van der Waals surface area contributed by atoms with Gasteiger partial charge < -0.3 is 10.9 Å². The van der Waals surface area contributed by atoms with Gasteiger partial charge in [0.15, 0.2) is 0 Å². The van der Waals surface area contributed by atoms with Gasteiger partial charge in [-0.1, -0.05) is 32.0 Å². The Labute approximate surface area is 102 Å². The average Bonchev–Trinajstić information content (AvgIpc) is 2.55. The first-order valence-electron chi connectivity index (χ1n) is 6.12. The molecule has 17 heavy (non-hydrogen) atoms. The number of aromatic nitrogens is 1. The van der Waals surface area contributed by atoms with Crippen molar-refractivity contribution in [1.82, 2.24) is 4.73 Å². The first-order valence-corrected chi connectivity index (χ1v) is 6.12. The minimum atomic E-state index is 0.102. The maximum absolute atomic E-state index is 10.0. The van der Waals surface area contributed by atoms with E-state index in [1.165, 1.54) is 4.73 Å². The zero-order valence-electron chi connectivity index (χ0n) is 10.4. The highest BCUT2D eigenvalue weighted by molar-refractivity contribution is 5.80. The van der Waals surface area contributed by atoms with Crippen LogP contribution in [0.2, 0.25) is 0 Å². The molecule has 2 aromatic rings. The number of benzene rings is 1. The molecule has 1 heterocycles. The fraction of sp³-hybridized carbons (Fsp3) is 0.429. The van der Waals surface area contributed by atoms with Crippen molar-refractivity contribution >= 4 is 10.9 Å². The number of hydrogen-bond acceptors (Lipinski definition) is 2. The molecule has 3 heteroatoms. The Hall–Kier alpha value is -1.48. The van der Waals surface area contributed by atoms with Gasteiger partial charge in [-0.25, -0.2) is 0 Å². The van der Waals surface area contributed by atoms with Gasteiger partial charge in [-0.3, -0.25) is 0 Å². The van der Waals surface area contributed by atoms with Crippen LogP contribution in [0, 0.1) is 5.92 Å². The molecule has 2 rings (SSSR count). The van der Waals surface area contributed by atoms with Gasteiger partial charge in [0.25, 0.3) is 0 Å². The summed E-state index contributed by atoms with van der Waals surface area (Å²) in [6.07, 6.45) is 1.69. The van der Waals surface area contributed by atoms with Crippen LogP contribution in [-0.2, 0) is 6.42 Å². The molecule has 0 fully saturated rings. The van der Waals surface area contributed by atoms with Gasteiger partial charge in [0, 0.05) is 17.8 Å². The lowest BCUT2D eigenvalue weighted by Crippen LogP contribution is -2.25. The van der Waals surface area contributed by atoms with E-state index in [0.717, 1.165) is 23.0 Å². The molecule has 1 aromatic heterocycles. The van der Waals surface area contributed by atoms with E-state index >= 15 is 0 Å². The predicted octanol–water partition coefficient (Wildman–Crippen LogP) is 2.79. The van der Waals surface area contributed by atoms with Crippen molar-refractivity contribution in [3.8, 4) is 0 Å². The largest absolute Gasteiger partial charge is 0.428 e. The second-order valence-corrected chi connectivity index (χ2v) is 5.10. The van der Waals surface area contributed by atoms with Crippen molar-refractivity contribution in [2.45, 2.75) is 32.7 Å². The summed E-state index contributed by atoms with van der Waals surface area (Å²) in [5.74, 6) is 0.585. The first kappa shape index (κ1) is 12.0. The molecule has 1 unspecified atom stereocenters. The third-order valence-corrected chi connectivity index (χ3v) is 3.00. The van der Waals surface area contributed by atoms with E-state index < -0.39 is 0 Å². The van der Waals surface area contributed by atoms with Crippen molar-refractivity contribution < 1.29 is 5.21 Å². The van der Waals surface area contributed by atoms with Crippen molar-refractivity contribution in [2.24, 2.45) is 11.7 Å². The lowest BCUT2D eigenvalue weighted by Gasteiger charge is -2.13. The Bertz CT molecular complexity index is 502. The predicted molar refractivity (Wildman–Crippen MR) is 70.3 cm³/mol. The van der Waals surface area contributed by atoms with Crippen LogP contribution < -0.4 is 5.73 Å². The van der Waals surface area contributed by atoms with Crippen molar-refractivity contribution in [2.75, 3.05) is 0 Å². The number of fused-ring (bicyclic) bond motifs is 1. The van der Waals surface area contributed by atoms with Gasteiger partial charge in [-0.05, 0) is 24.5 Å². The summed E-state index contributed by atoms with van der Waals surface area (Å²) in [7, 11) is 0. The van der Waals surface area contributed by atoms with Crippen molar-refractivity contribution in [1.29, 1.82) is 0 Å². The molecule has 0 amide bonds. The summed E-state index contributed by atoms with van der Waals surface area (Å²) < 4.78 is 1.26. The molecule has 1 atom stereocenters. The van der Waals surface area contributed by atoms with Crippen LogP contribution in [0.3, 0.4) is 0 Å². The normalized spacial score (nSPS) is 13.4. The van der Waals surface area contributed by atoms with E-state index in [-0.39, 0.29) is 6.04 Å². The molecular weight excluding hydrogens is 212 g/mol. The molecule has 92 valence electrons. The Morgan fingerprint density at radius 1 is 1.29 bits per heavy atom. The third kappa shape index (κ3) is 2.61. The molecule has 0 saturated heterocycles. The Morgan fingerprint density at radius 2 is 2.00 bits per heavy atom. The fourth-order valence-corrected chi connectivity index (χ4v) is 2.30. The molecule has 0 aliphatic heterocycles. The van der Waals surface area contributed by atoms with E-state index in [2.05, 4.69) is 13.8 Å². The zero-order valence-corrected chi connectivity index (χ0v) is 10.4. The summed E-state index contributed by atoms with van der Waals surface area (Å²) in [5, 5.41) is 11.1. The van der Waals surface area contributed by atoms with Gasteiger partial charge in [0.05, 0.1) is 11.2 Å². The Kier molecular flexibility index (Phi) is 3.38. The Morgan fingerprint density at radius 3 is 2.65 bits per heavy atom. The molecule has 3 N–H and O–H groups in total. The summed E-state index contributed by atoms with van der Waals surface area (Å²) >= 11 is 0. The van der Waals surface area contributed by atoms with Crippen molar-refractivity contribution in [3.05, 3.63) is 36.0 Å². The van der Waals surface area contributed by atoms with Gasteiger partial charge in [-0.15, -0.1) is 0 Å². The van der Waals surface area contributed by atoms with Crippen LogP contribution in [0.25, 0.3) is 10.9 Å². The lowest BCUT2D eigenvalue weighted by molar-refractivity contribution is 0.189. The van der Waals surface area contributed by atoms with E-state index in [4.69, 9.17) is 5.73 Å². The molecule has 0 aliphatic carbocycles. The molecule has 0 aliphatic rings. The summed E-state index contributed by atoms with van der Waals surface area (Å²) in [4.78, 5) is 0. The first-order chi connectivity index (χ1) is 8.08. The number of rotatable bonds is 4. The topological polar surface area (TPSA) is 51.2 Å². The van der Waals surface area contributed by atoms with Gasteiger partial charge in [0.2, 0.25) is 0 Å². The van der Waals surface area contributed by atoms with Crippen LogP contribution in [-0.4, -0.2) is 16.0 Å². The van der Waals surface area contributed by atoms with E-state index in [1.54, 1.807) is 0 Å². The minimum absolute atomic E-state index is 0.102. The smallest absolute Gasteiger partial charge is 0.0868 e. The summed E-state index contributed by atoms with van der Waals surface area (Å²) in [5.41, 5.74) is 7.81. The van der Waals surface area contributed by atoms with Crippen molar-refractivity contribution in [3.63, 3.8) is 0 Å². The maximum Gasteiger partial charge on any atom is 0.0868 e. The minimum Gasteiger partial charge on any atom is -0.428 e. The van der Waals surface area contributed by atoms with Crippen LogP contribution in [0.4, 0.5) is 0 Å². The van der Waals surface area contributed by atoms with E-state index in [9.17, 15) is 5.21 Å². The highest BCUT2D eigenvalue weighted by atomic mass is 16.5. The van der Waals surface area contributed by atoms with E-state index in [0.29, 0.717) is 12.3 Å². The quantitative estimate of drug-likeness (QED) is 0.796. The average molecular weight is 232 g/mol. The molecule has 3 nitrogen and oxygen atoms in total. The third-order valence-electron chi connectivity index (χ3n) is 3.00. The second kappa shape index (κ2) is 4.80. The molecule has 1 aromatic carbocycles. The highest BCUT2D eigenvalue weighted by Crippen LogP contribution is 2.19. The molecule has 0 radical (unpaired) electrons.